The third kappa shape index (κ3) is 4.98. The molecule has 142 valence electrons. The van der Waals surface area contributed by atoms with Crippen molar-refractivity contribution in [2.24, 2.45) is 0 Å². The van der Waals surface area contributed by atoms with Gasteiger partial charge in [0.2, 0.25) is 5.91 Å². The molecule has 0 aliphatic heterocycles. The molecule has 0 saturated heterocycles. The van der Waals surface area contributed by atoms with E-state index in [4.69, 9.17) is 11.6 Å². The van der Waals surface area contributed by atoms with E-state index in [0.29, 0.717) is 31.5 Å². The minimum absolute atomic E-state index is 0.0381. The lowest BCUT2D eigenvalue weighted by Crippen LogP contribution is -2.15. The number of thioether (sulfide) groups is 1. The predicted octanol–water partition coefficient (Wildman–Crippen LogP) is 5.49. The van der Waals surface area contributed by atoms with Crippen LogP contribution in [0.25, 0.3) is 11.3 Å². The summed E-state index contributed by atoms with van der Waals surface area (Å²) in [7, 11) is 0. The highest BCUT2D eigenvalue weighted by Crippen LogP contribution is 2.32. The molecule has 0 spiro atoms. The molecule has 1 amide bonds. The van der Waals surface area contributed by atoms with Crippen molar-refractivity contribution in [3.63, 3.8) is 0 Å². The van der Waals surface area contributed by atoms with Gasteiger partial charge in [-0.3, -0.25) is 14.6 Å². The fourth-order valence-electron chi connectivity index (χ4n) is 2.42. The zero-order valence-corrected chi connectivity index (χ0v) is 17.9. The summed E-state index contributed by atoms with van der Waals surface area (Å²) in [5.41, 5.74) is 2.57. The van der Waals surface area contributed by atoms with E-state index in [1.165, 1.54) is 18.7 Å². The Labute approximate surface area is 180 Å². The van der Waals surface area contributed by atoms with Crippen LogP contribution in [0.3, 0.4) is 0 Å². The SMILES string of the molecule is CC(=O)c1ccc(NC(=O)CSc2nccnc2-c2ccccc2Cl)c(Br)c1. The van der Waals surface area contributed by atoms with Crippen LogP contribution in [0.2, 0.25) is 5.02 Å². The number of amides is 1. The van der Waals surface area contributed by atoms with Crippen molar-refractivity contribution in [1.29, 1.82) is 0 Å². The molecule has 0 bridgehead atoms. The zero-order valence-electron chi connectivity index (χ0n) is 14.8. The molecule has 0 fully saturated rings. The highest BCUT2D eigenvalue weighted by Gasteiger charge is 2.14. The fraction of sp³-hybridized carbons (Fsp3) is 0.100. The molecule has 3 aromatic rings. The van der Waals surface area contributed by atoms with Crippen molar-refractivity contribution in [3.8, 4) is 11.3 Å². The van der Waals surface area contributed by atoms with Gasteiger partial charge in [-0.2, -0.15) is 0 Å². The normalized spacial score (nSPS) is 10.5. The molecule has 8 heteroatoms. The van der Waals surface area contributed by atoms with Crippen LogP contribution in [0, 0.1) is 0 Å². The third-order valence-corrected chi connectivity index (χ3v) is 5.75. The van der Waals surface area contributed by atoms with Gasteiger partial charge in [0.1, 0.15) is 10.7 Å². The van der Waals surface area contributed by atoms with Gasteiger partial charge in [-0.25, -0.2) is 4.98 Å². The molecule has 1 N–H and O–H groups in total. The number of anilines is 1. The number of rotatable bonds is 6. The van der Waals surface area contributed by atoms with Crippen molar-refractivity contribution in [2.75, 3.05) is 11.1 Å². The summed E-state index contributed by atoms with van der Waals surface area (Å²) in [6.45, 7) is 1.49. The highest BCUT2D eigenvalue weighted by molar-refractivity contribution is 9.10. The summed E-state index contributed by atoms with van der Waals surface area (Å²) in [6.07, 6.45) is 3.17. The molecule has 0 aliphatic carbocycles. The first-order valence-corrected chi connectivity index (χ1v) is 10.4. The molecule has 28 heavy (non-hydrogen) atoms. The summed E-state index contributed by atoms with van der Waals surface area (Å²) in [5, 5.41) is 4.02. The molecule has 0 saturated carbocycles. The lowest BCUT2D eigenvalue weighted by molar-refractivity contribution is -0.113. The van der Waals surface area contributed by atoms with Crippen LogP contribution in [-0.2, 0) is 4.79 Å². The van der Waals surface area contributed by atoms with Gasteiger partial charge in [0.05, 0.1) is 16.5 Å². The lowest BCUT2D eigenvalue weighted by atomic mass is 10.1. The largest absolute Gasteiger partial charge is 0.324 e. The number of ketones is 1. The van der Waals surface area contributed by atoms with Crippen LogP contribution in [0.15, 0.2) is 64.4 Å². The van der Waals surface area contributed by atoms with E-state index < -0.39 is 0 Å². The average molecular weight is 477 g/mol. The second-order valence-corrected chi connectivity index (χ2v) is 8.00. The van der Waals surface area contributed by atoms with Gasteiger partial charge in [0.15, 0.2) is 5.78 Å². The Hall–Kier alpha value is -2.22. The third-order valence-electron chi connectivity index (χ3n) is 3.78. The maximum Gasteiger partial charge on any atom is 0.234 e. The Bertz CT molecular complexity index is 1050. The summed E-state index contributed by atoms with van der Waals surface area (Å²) in [4.78, 5) is 32.5. The van der Waals surface area contributed by atoms with Crippen molar-refractivity contribution >= 4 is 56.7 Å². The van der Waals surface area contributed by atoms with Crippen molar-refractivity contribution in [1.82, 2.24) is 9.97 Å². The molecule has 3 rings (SSSR count). The molecule has 0 aliphatic rings. The van der Waals surface area contributed by atoms with Gasteiger partial charge in [-0.15, -0.1) is 0 Å². The topological polar surface area (TPSA) is 72.0 Å². The summed E-state index contributed by atoms with van der Waals surface area (Å²) >= 11 is 10.9. The van der Waals surface area contributed by atoms with E-state index in [1.807, 2.05) is 18.2 Å². The molecule has 1 heterocycles. The zero-order chi connectivity index (χ0) is 20.1. The van der Waals surface area contributed by atoms with E-state index >= 15 is 0 Å². The van der Waals surface area contributed by atoms with E-state index in [2.05, 4.69) is 31.2 Å². The summed E-state index contributed by atoms with van der Waals surface area (Å²) in [6, 6.07) is 12.4. The van der Waals surface area contributed by atoms with Crippen molar-refractivity contribution in [3.05, 3.63) is 69.9 Å². The first-order chi connectivity index (χ1) is 13.5. The maximum absolute atomic E-state index is 12.4. The molecule has 2 aromatic carbocycles. The Balaban J connectivity index is 1.71. The molecule has 5 nitrogen and oxygen atoms in total. The van der Waals surface area contributed by atoms with Gasteiger partial charge in [-0.05, 0) is 47.1 Å². The highest BCUT2D eigenvalue weighted by atomic mass is 79.9. The standard InChI is InChI=1S/C20H15BrClN3O2S/c1-12(26)13-6-7-17(15(21)10-13)25-18(27)11-28-20-19(23-8-9-24-20)14-4-2-3-5-16(14)22/h2-10H,11H2,1H3,(H,25,27). The van der Waals surface area contributed by atoms with E-state index in [-0.39, 0.29) is 17.4 Å². The number of Topliss-reactive ketones (excluding diaryl/α,β-unsaturated/α-hetero) is 1. The lowest BCUT2D eigenvalue weighted by Gasteiger charge is -2.10. The Morgan fingerprint density at radius 2 is 1.89 bits per heavy atom. The minimum Gasteiger partial charge on any atom is -0.324 e. The molecule has 0 radical (unpaired) electrons. The first-order valence-electron chi connectivity index (χ1n) is 8.24. The first kappa shape index (κ1) is 20.5. The Morgan fingerprint density at radius 1 is 1.14 bits per heavy atom. The number of carbonyl (C=O) groups is 2. The second-order valence-electron chi connectivity index (χ2n) is 5.78. The second kappa shape index (κ2) is 9.32. The molecule has 1 aromatic heterocycles. The monoisotopic (exact) mass is 475 g/mol. The number of nitrogens with one attached hydrogen (secondary N) is 1. The van der Waals surface area contributed by atoms with E-state index in [9.17, 15) is 9.59 Å². The quantitative estimate of drug-likeness (QED) is 0.376. The number of aromatic nitrogens is 2. The smallest absolute Gasteiger partial charge is 0.234 e. The predicted molar refractivity (Wildman–Crippen MR) is 116 cm³/mol. The van der Waals surface area contributed by atoms with Crippen molar-refractivity contribution < 1.29 is 9.59 Å². The molecular weight excluding hydrogens is 462 g/mol. The Kier molecular flexibility index (Phi) is 6.83. The number of nitrogens with zero attached hydrogens (tertiary/aromatic N) is 2. The van der Waals surface area contributed by atoms with Crippen LogP contribution in [-0.4, -0.2) is 27.4 Å². The van der Waals surface area contributed by atoms with Gasteiger partial charge in [0, 0.05) is 28.0 Å². The van der Waals surface area contributed by atoms with Crippen LogP contribution in [0.1, 0.15) is 17.3 Å². The number of hydrogen-bond acceptors (Lipinski definition) is 5. The summed E-state index contributed by atoms with van der Waals surface area (Å²) in [5.74, 6) is -0.0854. The molecule has 0 atom stereocenters. The number of hydrogen-bond donors (Lipinski definition) is 1. The number of halogens is 2. The van der Waals surface area contributed by atoms with Crippen LogP contribution in [0.4, 0.5) is 5.69 Å². The van der Waals surface area contributed by atoms with E-state index in [0.717, 1.165) is 5.56 Å². The average Bonchev–Trinajstić information content (AvgIpc) is 2.68. The van der Waals surface area contributed by atoms with Gasteiger partial charge in [0.25, 0.3) is 0 Å². The van der Waals surface area contributed by atoms with Gasteiger partial charge < -0.3 is 5.32 Å². The maximum atomic E-state index is 12.4. The van der Waals surface area contributed by atoms with Gasteiger partial charge in [-0.1, -0.05) is 41.6 Å². The molecule has 0 unspecified atom stereocenters. The van der Waals surface area contributed by atoms with Crippen LogP contribution in [0.5, 0.6) is 0 Å². The van der Waals surface area contributed by atoms with Crippen molar-refractivity contribution in [2.45, 2.75) is 11.9 Å². The van der Waals surface area contributed by atoms with Gasteiger partial charge >= 0.3 is 0 Å². The molecular formula is C20H15BrClN3O2S. The van der Waals surface area contributed by atoms with E-state index in [1.54, 1.807) is 36.7 Å². The van der Waals surface area contributed by atoms with Crippen LogP contribution >= 0.6 is 39.3 Å². The fourth-order valence-corrected chi connectivity index (χ4v) is 3.90. The Morgan fingerprint density at radius 3 is 2.61 bits per heavy atom. The summed E-state index contributed by atoms with van der Waals surface area (Å²) < 4.78 is 0.648. The minimum atomic E-state index is -0.197. The van der Waals surface area contributed by atoms with Crippen LogP contribution < -0.4 is 5.32 Å². The number of benzene rings is 2. The number of carbonyl (C=O) groups excluding carboxylic acids is 2.